The topological polar surface area (TPSA) is 46.2 Å². The first kappa shape index (κ1) is 13.3. The molecule has 1 aliphatic heterocycles. The van der Waals surface area contributed by atoms with E-state index in [2.05, 4.69) is 5.32 Å². The molecule has 1 aliphatic carbocycles. The Hall–Kier alpha value is -0.0900. The van der Waals surface area contributed by atoms with Crippen LogP contribution in [0.15, 0.2) is 0 Å². The Labute approximate surface area is 105 Å². The van der Waals surface area contributed by atoms with E-state index in [9.17, 15) is 8.42 Å². The van der Waals surface area contributed by atoms with Crippen LogP contribution in [0.2, 0.25) is 0 Å². The van der Waals surface area contributed by atoms with Gasteiger partial charge in [0.25, 0.3) is 0 Å². The van der Waals surface area contributed by atoms with Crippen LogP contribution in [0.3, 0.4) is 0 Å². The Kier molecular flexibility index (Phi) is 4.47. The van der Waals surface area contributed by atoms with Crippen LogP contribution in [0.4, 0.5) is 0 Å². The summed E-state index contributed by atoms with van der Waals surface area (Å²) in [6.07, 6.45) is 7.60. The lowest BCUT2D eigenvalue weighted by Crippen LogP contribution is -2.28. The summed E-state index contributed by atoms with van der Waals surface area (Å²) < 4.78 is 23.1. The zero-order valence-corrected chi connectivity index (χ0v) is 11.6. The van der Waals surface area contributed by atoms with Gasteiger partial charge in [-0.05, 0) is 44.2 Å². The molecular weight excluding hydrogens is 234 g/mol. The molecule has 1 saturated heterocycles. The molecule has 17 heavy (non-hydrogen) atoms. The highest BCUT2D eigenvalue weighted by molar-refractivity contribution is 7.91. The number of hydrogen-bond acceptors (Lipinski definition) is 3. The SMILES string of the molecule is CNCC(CC1CCCC1)C1CCS(=O)(=O)C1. The summed E-state index contributed by atoms with van der Waals surface area (Å²) in [5.41, 5.74) is 0. The summed E-state index contributed by atoms with van der Waals surface area (Å²) >= 11 is 0. The molecule has 2 atom stereocenters. The normalized spacial score (nSPS) is 30.8. The van der Waals surface area contributed by atoms with Crippen molar-refractivity contribution >= 4 is 9.84 Å². The minimum Gasteiger partial charge on any atom is -0.319 e. The molecule has 2 fully saturated rings. The lowest BCUT2D eigenvalue weighted by atomic mass is 9.83. The van der Waals surface area contributed by atoms with Crippen molar-refractivity contribution in [1.82, 2.24) is 5.32 Å². The quantitative estimate of drug-likeness (QED) is 0.819. The second-order valence-electron chi connectivity index (χ2n) is 5.87. The molecule has 2 rings (SSSR count). The first-order chi connectivity index (χ1) is 8.11. The number of rotatable bonds is 5. The molecule has 1 heterocycles. The van der Waals surface area contributed by atoms with E-state index in [-0.39, 0.29) is 0 Å². The predicted octanol–water partition coefficient (Wildman–Crippen LogP) is 1.84. The highest BCUT2D eigenvalue weighted by Crippen LogP contribution is 2.35. The number of hydrogen-bond donors (Lipinski definition) is 1. The molecule has 1 N–H and O–H groups in total. The Morgan fingerprint density at radius 3 is 2.47 bits per heavy atom. The third kappa shape index (κ3) is 3.68. The van der Waals surface area contributed by atoms with Gasteiger partial charge < -0.3 is 5.32 Å². The summed E-state index contributed by atoms with van der Waals surface area (Å²) in [6, 6.07) is 0. The average molecular weight is 259 g/mol. The summed E-state index contributed by atoms with van der Waals surface area (Å²) in [5, 5.41) is 3.25. The van der Waals surface area contributed by atoms with Gasteiger partial charge in [0.05, 0.1) is 11.5 Å². The van der Waals surface area contributed by atoms with Gasteiger partial charge in [-0.3, -0.25) is 0 Å². The van der Waals surface area contributed by atoms with Crippen molar-refractivity contribution in [3.8, 4) is 0 Å². The molecule has 0 aromatic carbocycles. The van der Waals surface area contributed by atoms with E-state index in [0.29, 0.717) is 23.3 Å². The largest absolute Gasteiger partial charge is 0.319 e. The number of sulfone groups is 1. The first-order valence-corrected chi connectivity index (χ1v) is 8.78. The van der Waals surface area contributed by atoms with E-state index in [1.165, 1.54) is 32.1 Å². The van der Waals surface area contributed by atoms with Gasteiger partial charge in [-0.15, -0.1) is 0 Å². The van der Waals surface area contributed by atoms with E-state index in [1.807, 2.05) is 7.05 Å². The highest BCUT2D eigenvalue weighted by atomic mass is 32.2. The van der Waals surface area contributed by atoms with Gasteiger partial charge in [0.15, 0.2) is 9.84 Å². The second kappa shape index (κ2) is 5.70. The summed E-state index contributed by atoms with van der Waals surface area (Å²) in [6.45, 7) is 0.983. The molecule has 0 amide bonds. The highest BCUT2D eigenvalue weighted by Gasteiger charge is 2.34. The fourth-order valence-corrected chi connectivity index (χ4v) is 5.49. The maximum atomic E-state index is 11.6. The van der Waals surface area contributed by atoms with E-state index in [4.69, 9.17) is 0 Å². The van der Waals surface area contributed by atoms with Crippen LogP contribution >= 0.6 is 0 Å². The Balaban J connectivity index is 1.92. The minimum absolute atomic E-state index is 0.410. The van der Waals surface area contributed by atoms with Gasteiger partial charge in [-0.2, -0.15) is 0 Å². The van der Waals surface area contributed by atoms with Crippen LogP contribution in [-0.2, 0) is 9.84 Å². The van der Waals surface area contributed by atoms with Gasteiger partial charge in [0, 0.05) is 0 Å². The van der Waals surface area contributed by atoms with Crippen LogP contribution in [-0.4, -0.2) is 33.5 Å². The molecule has 0 radical (unpaired) electrons. The zero-order chi connectivity index (χ0) is 12.3. The van der Waals surface area contributed by atoms with Crippen LogP contribution in [0.25, 0.3) is 0 Å². The van der Waals surface area contributed by atoms with Gasteiger partial charge in [0.1, 0.15) is 0 Å². The standard InChI is InChI=1S/C13H25NO2S/c1-14-9-13(8-11-4-2-3-5-11)12-6-7-17(15,16)10-12/h11-14H,2-10H2,1H3. The summed E-state index contributed by atoms with van der Waals surface area (Å²) in [5.74, 6) is 2.69. The fraction of sp³-hybridized carbons (Fsp3) is 1.00. The summed E-state index contributed by atoms with van der Waals surface area (Å²) in [4.78, 5) is 0. The lowest BCUT2D eigenvalue weighted by molar-refractivity contribution is 0.281. The van der Waals surface area contributed by atoms with Crippen molar-refractivity contribution in [2.45, 2.75) is 38.5 Å². The third-order valence-electron chi connectivity index (χ3n) is 4.51. The molecule has 1 saturated carbocycles. The first-order valence-electron chi connectivity index (χ1n) is 6.96. The number of nitrogens with one attached hydrogen (secondary N) is 1. The molecule has 4 heteroatoms. The maximum absolute atomic E-state index is 11.6. The Bertz CT molecular complexity index is 333. The van der Waals surface area contributed by atoms with Crippen molar-refractivity contribution in [3.63, 3.8) is 0 Å². The Morgan fingerprint density at radius 2 is 1.94 bits per heavy atom. The molecule has 0 spiro atoms. The monoisotopic (exact) mass is 259 g/mol. The van der Waals surface area contributed by atoms with Gasteiger partial charge in [0.2, 0.25) is 0 Å². The molecule has 100 valence electrons. The molecule has 3 nitrogen and oxygen atoms in total. The van der Waals surface area contributed by atoms with Crippen LogP contribution < -0.4 is 5.32 Å². The van der Waals surface area contributed by atoms with Crippen LogP contribution in [0.1, 0.15) is 38.5 Å². The molecule has 0 aromatic rings. The smallest absolute Gasteiger partial charge is 0.150 e. The molecule has 0 bridgehead atoms. The van der Waals surface area contributed by atoms with E-state index in [1.54, 1.807) is 0 Å². The van der Waals surface area contributed by atoms with Crippen molar-refractivity contribution in [1.29, 1.82) is 0 Å². The van der Waals surface area contributed by atoms with Crippen molar-refractivity contribution in [2.75, 3.05) is 25.1 Å². The van der Waals surface area contributed by atoms with Crippen LogP contribution in [0.5, 0.6) is 0 Å². The fourth-order valence-electron chi connectivity index (χ4n) is 3.57. The minimum atomic E-state index is -2.72. The van der Waals surface area contributed by atoms with Gasteiger partial charge >= 0.3 is 0 Å². The summed E-state index contributed by atoms with van der Waals surface area (Å²) in [7, 11) is -0.743. The zero-order valence-electron chi connectivity index (χ0n) is 10.8. The third-order valence-corrected chi connectivity index (χ3v) is 6.31. The molecule has 2 unspecified atom stereocenters. The van der Waals surface area contributed by atoms with Crippen molar-refractivity contribution < 1.29 is 8.42 Å². The second-order valence-corrected chi connectivity index (χ2v) is 8.10. The molecular formula is C13H25NO2S. The Morgan fingerprint density at radius 1 is 1.24 bits per heavy atom. The van der Waals surface area contributed by atoms with Crippen molar-refractivity contribution in [3.05, 3.63) is 0 Å². The van der Waals surface area contributed by atoms with Crippen LogP contribution in [0, 0.1) is 17.8 Å². The van der Waals surface area contributed by atoms with E-state index in [0.717, 1.165) is 18.9 Å². The molecule has 0 aromatic heterocycles. The van der Waals surface area contributed by atoms with Gasteiger partial charge in [-0.1, -0.05) is 25.7 Å². The van der Waals surface area contributed by atoms with Crippen molar-refractivity contribution in [2.24, 2.45) is 17.8 Å². The predicted molar refractivity (Wildman–Crippen MR) is 70.8 cm³/mol. The van der Waals surface area contributed by atoms with Gasteiger partial charge in [-0.25, -0.2) is 8.42 Å². The van der Waals surface area contributed by atoms with E-state index >= 15 is 0 Å². The maximum Gasteiger partial charge on any atom is 0.150 e. The molecule has 2 aliphatic rings. The lowest BCUT2D eigenvalue weighted by Gasteiger charge is -2.25. The van der Waals surface area contributed by atoms with E-state index < -0.39 is 9.84 Å². The average Bonchev–Trinajstić information content (AvgIpc) is 2.87.